The van der Waals surface area contributed by atoms with Crippen LogP contribution in [0, 0.1) is 0 Å². The first kappa shape index (κ1) is 11.7. The van der Waals surface area contributed by atoms with Gasteiger partial charge in [0.1, 0.15) is 0 Å². The monoisotopic (exact) mass is 187 g/mol. The highest BCUT2D eigenvalue weighted by Gasteiger charge is 2.00. The lowest BCUT2D eigenvalue weighted by Gasteiger charge is -2.09. The molecule has 0 heterocycles. The molecule has 0 aliphatic rings. The summed E-state index contributed by atoms with van der Waals surface area (Å²) in [6.07, 6.45) is 0. The normalized spacial score (nSPS) is 9.54. The molecular formula is C8H17N3O2. The van der Waals surface area contributed by atoms with E-state index >= 15 is 0 Å². The Morgan fingerprint density at radius 3 is 2.15 bits per heavy atom. The second-order valence-electron chi connectivity index (χ2n) is 3.04. The molecule has 0 aliphatic carbocycles. The van der Waals surface area contributed by atoms with Gasteiger partial charge < -0.3 is 16.0 Å². The van der Waals surface area contributed by atoms with Crippen molar-refractivity contribution in [2.75, 3.05) is 13.1 Å². The molecule has 5 nitrogen and oxygen atoms in total. The van der Waals surface area contributed by atoms with Crippen molar-refractivity contribution in [1.82, 2.24) is 16.0 Å². The standard InChI is InChI=1S/C8H17N3O2/c1-6(2)11-8(13)10-5-4-9-7(3)12/h6H,4-5H2,1-3H3,(H,9,12)(H2,10,11,13). The van der Waals surface area contributed by atoms with Crippen molar-refractivity contribution in [2.24, 2.45) is 0 Å². The van der Waals surface area contributed by atoms with E-state index in [9.17, 15) is 9.59 Å². The van der Waals surface area contributed by atoms with E-state index < -0.39 is 0 Å². The molecule has 0 aromatic rings. The van der Waals surface area contributed by atoms with Gasteiger partial charge in [-0.3, -0.25) is 4.79 Å². The van der Waals surface area contributed by atoms with Gasteiger partial charge in [-0.15, -0.1) is 0 Å². The van der Waals surface area contributed by atoms with Crippen molar-refractivity contribution < 1.29 is 9.59 Å². The molecule has 5 heteroatoms. The van der Waals surface area contributed by atoms with Gasteiger partial charge in [0.2, 0.25) is 5.91 Å². The van der Waals surface area contributed by atoms with Crippen LogP contribution in [0.15, 0.2) is 0 Å². The first-order valence-electron chi connectivity index (χ1n) is 4.31. The van der Waals surface area contributed by atoms with E-state index in [0.29, 0.717) is 13.1 Å². The largest absolute Gasteiger partial charge is 0.355 e. The zero-order chi connectivity index (χ0) is 10.3. The SMILES string of the molecule is CC(=O)NCCNC(=O)NC(C)C. The summed E-state index contributed by atoms with van der Waals surface area (Å²) in [5.41, 5.74) is 0. The quantitative estimate of drug-likeness (QED) is 0.535. The molecule has 0 aromatic heterocycles. The molecule has 0 bridgehead atoms. The highest BCUT2D eigenvalue weighted by atomic mass is 16.2. The smallest absolute Gasteiger partial charge is 0.315 e. The molecule has 0 rings (SSSR count). The fourth-order valence-electron chi connectivity index (χ4n) is 0.728. The highest BCUT2D eigenvalue weighted by Crippen LogP contribution is 1.75. The summed E-state index contributed by atoms with van der Waals surface area (Å²) in [5.74, 6) is -0.0916. The van der Waals surface area contributed by atoms with Gasteiger partial charge in [0.25, 0.3) is 0 Å². The zero-order valence-corrected chi connectivity index (χ0v) is 8.31. The van der Waals surface area contributed by atoms with Crippen LogP contribution >= 0.6 is 0 Å². The molecule has 0 aromatic carbocycles. The summed E-state index contributed by atoms with van der Waals surface area (Å²) < 4.78 is 0. The van der Waals surface area contributed by atoms with Crippen molar-refractivity contribution in [3.05, 3.63) is 0 Å². The number of hydrogen-bond donors (Lipinski definition) is 3. The fourth-order valence-corrected chi connectivity index (χ4v) is 0.728. The van der Waals surface area contributed by atoms with Crippen LogP contribution in [0.3, 0.4) is 0 Å². The van der Waals surface area contributed by atoms with Gasteiger partial charge in [-0.2, -0.15) is 0 Å². The van der Waals surface area contributed by atoms with E-state index in [1.807, 2.05) is 13.8 Å². The van der Waals surface area contributed by atoms with Crippen LogP contribution in [0.2, 0.25) is 0 Å². The molecule has 0 saturated heterocycles. The number of carbonyl (C=O) groups excluding carboxylic acids is 2. The summed E-state index contributed by atoms with van der Waals surface area (Å²) in [6, 6.07) is -0.0823. The number of hydrogen-bond acceptors (Lipinski definition) is 2. The predicted molar refractivity (Wildman–Crippen MR) is 50.4 cm³/mol. The zero-order valence-electron chi connectivity index (χ0n) is 8.31. The number of rotatable bonds is 4. The summed E-state index contributed by atoms with van der Waals surface area (Å²) in [7, 11) is 0. The Kier molecular flexibility index (Phi) is 5.67. The molecule has 3 amide bonds. The molecular weight excluding hydrogens is 170 g/mol. The van der Waals surface area contributed by atoms with E-state index in [2.05, 4.69) is 16.0 Å². The third-order valence-corrected chi connectivity index (χ3v) is 1.20. The van der Waals surface area contributed by atoms with Crippen molar-refractivity contribution in [1.29, 1.82) is 0 Å². The molecule has 0 saturated carbocycles. The maximum Gasteiger partial charge on any atom is 0.315 e. The Hall–Kier alpha value is -1.26. The van der Waals surface area contributed by atoms with Gasteiger partial charge in [0.05, 0.1) is 0 Å². The van der Waals surface area contributed by atoms with E-state index in [-0.39, 0.29) is 18.0 Å². The summed E-state index contributed by atoms with van der Waals surface area (Å²) in [4.78, 5) is 21.4. The lowest BCUT2D eigenvalue weighted by Crippen LogP contribution is -2.42. The van der Waals surface area contributed by atoms with Gasteiger partial charge in [0, 0.05) is 26.1 Å². The minimum atomic E-state index is -0.208. The molecule has 0 radical (unpaired) electrons. The molecule has 0 fully saturated rings. The van der Waals surface area contributed by atoms with Crippen LogP contribution in [-0.2, 0) is 4.79 Å². The third kappa shape index (κ3) is 8.65. The first-order valence-corrected chi connectivity index (χ1v) is 4.31. The molecule has 13 heavy (non-hydrogen) atoms. The van der Waals surface area contributed by atoms with Crippen LogP contribution in [0.5, 0.6) is 0 Å². The van der Waals surface area contributed by atoms with Crippen LogP contribution < -0.4 is 16.0 Å². The molecule has 0 spiro atoms. The van der Waals surface area contributed by atoms with Crippen LogP contribution in [0.4, 0.5) is 4.79 Å². The van der Waals surface area contributed by atoms with Gasteiger partial charge in [0.15, 0.2) is 0 Å². The Morgan fingerprint density at radius 1 is 1.15 bits per heavy atom. The van der Waals surface area contributed by atoms with E-state index in [0.717, 1.165) is 0 Å². The lowest BCUT2D eigenvalue weighted by atomic mass is 10.4. The topological polar surface area (TPSA) is 70.2 Å². The Morgan fingerprint density at radius 2 is 1.69 bits per heavy atom. The first-order chi connectivity index (χ1) is 6.02. The Bertz CT molecular complexity index is 180. The predicted octanol–water partition coefficient (Wildman–Crippen LogP) is -0.170. The van der Waals surface area contributed by atoms with Crippen molar-refractivity contribution in [2.45, 2.75) is 26.8 Å². The number of amides is 3. The van der Waals surface area contributed by atoms with Gasteiger partial charge in [-0.1, -0.05) is 0 Å². The van der Waals surface area contributed by atoms with E-state index in [4.69, 9.17) is 0 Å². The summed E-state index contributed by atoms with van der Waals surface area (Å²) in [5, 5.41) is 7.85. The number of urea groups is 1. The minimum absolute atomic E-state index is 0.0916. The maximum atomic E-state index is 11.0. The highest BCUT2D eigenvalue weighted by molar-refractivity contribution is 5.74. The molecule has 3 N–H and O–H groups in total. The molecule has 76 valence electrons. The Balaban J connectivity index is 3.32. The molecule has 0 atom stereocenters. The Labute approximate surface area is 78.3 Å². The van der Waals surface area contributed by atoms with Gasteiger partial charge >= 0.3 is 6.03 Å². The van der Waals surface area contributed by atoms with Gasteiger partial charge in [-0.05, 0) is 13.8 Å². The average Bonchev–Trinajstić information content (AvgIpc) is 1.96. The number of nitrogens with one attached hydrogen (secondary N) is 3. The third-order valence-electron chi connectivity index (χ3n) is 1.20. The van der Waals surface area contributed by atoms with E-state index in [1.165, 1.54) is 6.92 Å². The van der Waals surface area contributed by atoms with Crippen LogP contribution in [0.25, 0.3) is 0 Å². The van der Waals surface area contributed by atoms with Crippen molar-refractivity contribution >= 4 is 11.9 Å². The van der Waals surface area contributed by atoms with Gasteiger partial charge in [-0.25, -0.2) is 4.79 Å². The molecule has 0 unspecified atom stereocenters. The molecule has 0 aliphatic heterocycles. The summed E-state index contributed by atoms with van der Waals surface area (Å²) in [6.45, 7) is 6.11. The second kappa shape index (κ2) is 6.28. The van der Waals surface area contributed by atoms with Crippen molar-refractivity contribution in [3.63, 3.8) is 0 Å². The number of carbonyl (C=O) groups is 2. The fraction of sp³-hybridized carbons (Fsp3) is 0.750. The average molecular weight is 187 g/mol. The van der Waals surface area contributed by atoms with Crippen LogP contribution in [-0.4, -0.2) is 31.1 Å². The van der Waals surface area contributed by atoms with Crippen LogP contribution in [0.1, 0.15) is 20.8 Å². The second-order valence-corrected chi connectivity index (χ2v) is 3.04. The maximum absolute atomic E-state index is 11.0. The summed E-state index contributed by atoms with van der Waals surface area (Å²) >= 11 is 0. The lowest BCUT2D eigenvalue weighted by molar-refractivity contribution is -0.118. The van der Waals surface area contributed by atoms with E-state index in [1.54, 1.807) is 0 Å². The minimum Gasteiger partial charge on any atom is -0.355 e. The van der Waals surface area contributed by atoms with Crippen molar-refractivity contribution in [3.8, 4) is 0 Å².